The Balaban J connectivity index is 1.62. The minimum atomic E-state index is -4.48. The van der Waals surface area contributed by atoms with Gasteiger partial charge in [0, 0.05) is 13.1 Å². The zero-order chi connectivity index (χ0) is 19.6. The molecule has 0 aliphatic carbocycles. The van der Waals surface area contributed by atoms with E-state index in [0.29, 0.717) is 13.1 Å². The Morgan fingerprint density at radius 2 is 1.67 bits per heavy atom. The maximum Gasteiger partial charge on any atom is 0.416 e. The summed E-state index contributed by atoms with van der Waals surface area (Å²) in [6, 6.07) is 11.5. The number of halogens is 3. The van der Waals surface area contributed by atoms with E-state index in [2.05, 4.69) is 0 Å². The fourth-order valence-electron chi connectivity index (χ4n) is 3.02. The minimum absolute atomic E-state index is 0.0355. The molecular weight excluding hydrogens is 359 g/mol. The predicted molar refractivity (Wildman–Crippen MR) is 91.9 cm³/mol. The Kier molecular flexibility index (Phi) is 5.21. The van der Waals surface area contributed by atoms with E-state index in [1.165, 1.54) is 12.5 Å². The van der Waals surface area contributed by atoms with E-state index in [1.807, 2.05) is 24.3 Å². The molecule has 0 bridgehead atoms. The lowest BCUT2D eigenvalue weighted by Crippen LogP contribution is -2.42. The lowest BCUT2D eigenvalue weighted by molar-refractivity contribution is -0.140. The summed E-state index contributed by atoms with van der Waals surface area (Å²) in [6.07, 6.45) is -4.78. The van der Waals surface area contributed by atoms with Crippen LogP contribution < -0.4 is 0 Å². The van der Waals surface area contributed by atoms with Gasteiger partial charge in [0.15, 0.2) is 6.10 Å². The average Bonchev–Trinajstić information content (AvgIpc) is 2.66. The molecule has 0 aromatic heterocycles. The number of benzene rings is 2. The molecule has 0 N–H and O–H groups in total. The first-order valence-electron chi connectivity index (χ1n) is 8.49. The van der Waals surface area contributed by atoms with Crippen LogP contribution in [0.2, 0.25) is 0 Å². The number of hydrogen-bond donors (Lipinski definition) is 0. The normalized spacial score (nSPS) is 15.0. The molecule has 2 aromatic rings. The van der Waals surface area contributed by atoms with E-state index in [0.717, 1.165) is 36.2 Å². The zero-order valence-corrected chi connectivity index (χ0v) is 14.6. The number of nitrogens with zero attached hydrogens (tertiary/aromatic N) is 1. The topological polar surface area (TPSA) is 46.6 Å². The highest BCUT2D eigenvalue weighted by Crippen LogP contribution is 2.29. The van der Waals surface area contributed by atoms with Crippen LogP contribution in [-0.2, 0) is 28.7 Å². The quantitative estimate of drug-likeness (QED) is 0.764. The number of carbonyl (C=O) groups is 2. The van der Waals surface area contributed by atoms with E-state index >= 15 is 0 Å². The standard InChI is InChI=1S/C20H18F3NO3/c1-13(18(25)24-11-10-14-4-2-3-5-16(14)12-24)27-19(26)15-6-8-17(9-7-15)20(21,22)23/h2-9,13H,10-12H2,1H3. The highest BCUT2D eigenvalue weighted by atomic mass is 19.4. The monoisotopic (exact) mass is 377 g/mol. The molecule has 142 valence electrons. The van der Waals surface area contributed by atoms with E-state index < -0.39 is 23.8 Å². The van der Waals surface area contributed by atoms with Crippen LogP contribution in [0.5, 0.6) is 0 Å². The van der Waals surface area contributed by atoms with Crippen molar-refractivity contribution in [2.45, 2.75) is 32.2 Å². The highest BCUT2D eigenvalue weighted by Gasteiger charge is 2.31. The second-order valence-corrected chi connectivity index (χ2v) is 6.40. The molecule has 0 spiro atoms. The predicted octanol–water partition coefficient (Wildman–Crippen LogP) is 3.84. The van der Waals surface area contributed by atoms with E-state index in [-0.39, 0.29) is 11.5 Å². The molecule has 27 heavy (non-hydrogen) atoms. The molecule has 1 atom stereocenters. The third kappa shape index (κ3) is 4.30. The summed E-state index contributed by atoms with van der Waals surface area (Å²) in [6.45, 7) is 2.43. The van der Waals surface area contributed by atoms with Crippen molar-refractivity contribution in [3.05, 3.63) is 70.8 Å². The third-order valence-corrected chi connectivity index (χ3v) is 4.52. The molecule has 7 heteroatoms. The molecule has 4 nitrogen and oxygen atoms in total. The molecule has 1 unspecified atom stereocenters. The Morgan fingerprint density at radius 1 is 1.04 bits per heavy atom. The first kappa shape index (κ1) is 18.9. The van der Waals surface area contributed by atoms with Gasteiger partial charge in [-0.1, -0.05) is 24.3 Å². The molecule has 0 radical (unpaired) electrons. The Morgan fingerprint density at radius 3 is 2.30 bits per heavy atom. The van der Waals surface area contributed by atoms with Crippen LogP contribution in [0.15, 0.2) is 48.5 Å². The Hall–Kier alpha value is -2.83. The van der Waals surface area contributed by atoms with Gasteiger partial charge in [-0.25, -0.2) is 4.79 Å². The SMILES string of the molecule is CC(OC(=O)c1ccc(C(F)(F)F)cc1)C(=O)N1CCc2ccccc2C1. The maximum atomic E-state index is 12.6. The third-order valence-electron chi connectivity index (χ3n) is 4.52. The van der Waals surface area contributed by atoms with Gasteiger partial charge < -0.3 is 9.64 Å². The van der Waals surface area contributed by atoms with Crippen molar-refractivity contribution in [1.29, 1.82) is 0 Å². The number of ether oxygens (including phenoxy) is 1. The van der Waals surface area contributed by atoms with Gasteiger partial charge in [0.05, 0.1) is 11.1 Å². The molecule has 1 heterocycles. The summed E-state index contributed by atoms with van der Waals surface area (Å²) in [5, 5.41) is 0. The number of fused-ring (bicyclic) bond motifs is 1. The number of hydrogen-bond acceptors (Lipinski definition) is 3. The number of amides is 1. The molecular formula is C20H18F3NO3. The van der Waals surface area contributed by atoms with E-state index in [1.54, 1.807) is 4.90 Å². The van der Waals surface area contributed by atoms with Crippen molar-refractivity contribution < 1.29 is 27.5 Å². The van der Waals surface area contributed by atoms with Gasteiger partial charge in [0.1, 0.15) is 0 Å². The van der Waals surface area contributed by atoms with Crippen LogP contribution in [0.1, 0.15) is 34.0 Å². The fraction of sp³-hybridized carbons (Fsp3) is 0.300. The van der Waals surface area contributed by atoms with Crippen molar-refractivity contribution in [2.75, 3.05) is 6.54 Å². The first-order chi connectivity index (χ1) is 12.8. The fourth-order valence-corrected chi connectivity index (χ4v) is 3.02. The number of alkyl halides is 3. The summed E-state index contributed by atoms with van der Waals surface area (Å²) in [5.74, 6) is -1.16. The number of carbonyl (C=O) groups excluding carboxylic acids is 2. The Bertz CT molecular complexity index is 846. The number of esters is 1. The smallest absolute Gasteiger partial charge is 0.416 e. The van der Waals surface area contributed by atoms with Gasteiger partial charge >= 0.3 is 12.1 Å². The van der Waals surface area contributed by atoms with Crippen LogP contribution in [0, 0.1) is 0 Å². The van der Waals surface area contributed by atoms with Crippen LogP contribution in [0.25, 0.3) is 0 Å². The second kappa shape index (κ2) is 7.42. The van der Waals surface area contributed by atoms with Crippen molar-refractivity contribution in [1.82, 2.24) is 4.90 Å². The van der Waals surface area contributed by atoms with Crippen molar-refractivity contribution in [3.8, 4) is 0 Å². The van der Waals surface area contributed by atoms with Gasteiger partial charge in [0.2, 0.25) is 0 Å². The summed E-state index contributed by atoms with van der Waals surface area (Å²) in [4.78, 5) is 26.3. The van der Waals surface area contributed by atoms with Crippen molar-refractivity contribution in [2.24, 2.45) is 0 Å². The van der Waals surface area contributed by atoms with Gasteiger partial charge in [-0.3, -0.25) is 4.79 Å². The van der Waals surface area contributed by atoms with Gasteiger partial charge in [-0.15, -0.1) is 0 Å². The van der Waals surface area contributed by atoms with Crippen LogP contribution in [0.3, 0.4) is 0 Å². The molecule has 1 aliphatic rings. The second-order valence-electron chi connectivity index (χ2n) is 6.40. The highest BCUT2D eigenvalue weighted by molar-refractivity contribution is 5.92. The lowest BCUT2D eigenvalue weighted by atomic mass is 9.99. The molecule has 1 aliphatic heterocycles. The minimum Gasteiger partial charge on any atom is -0.449 e. The summed E-state index contributed by atoms with van der Waals surface area (Å²) >= 11 is 0. The maximum absolute atomic E-state index is 12.6. The largest absolute Gasteiger partial charge is 0.449 e. The van der Waals surface area contributed by atoms with Crippen molar-refractivity contribution in [3.63, 3.8) is 0 Å². The summed E-state index contributed by atoms with van der Waals surface area (Å²) in [7, 11) is 0. The van der Waals surface area contributed by atoms with E-state index in [9.17, 15) is 22.8 Å². The molecule has 3 rings (SSSR count). The summed E-state index contributed by atoms with van der Waals surface area (Å²) < 4.78 is 42.9. The molecule has 1 amide bonds. The van der Waals surface area contributed by atoms with Gasteiger partial charge in [0.25, 0.3) is 5.91 Å². The Labute approximate surface area is 154 Å². The number of rotatable bonds is 3. The van der Waals surface area contributed by atoms with E-state index in [4.69, 9.17) is 4.74 Å². The van der Waals surface area contributed by atoms with Crippen LogP contribution in [-0.4, -0.2) is 29.4 Å². The molecule has 0 fully saturated rings. The van der Waals surface area contributed by atoms with Crippen LogP contribution in [0.4, 0.5) is 13.2 Å². The summed E-state index contributed by atoms with van der Waals surface area (Å²) in [5.41, 5.74) is 1.36. The van der Waals surface area contributed by atoms with Crippen LogP contribution >= 0.6 is 0 Å². The first-order valence-corrected chi connectivity index (χ1v) is 8.49. The zero-order valence-electron chi connectivity index (χ0n) is 14.6. The van der Waals surface area contributed by atoms with Crippen molar-refractivity contribution >= 4 is 11.9 Å². The molecule has 0 saturated heterocycles. The van der Waals surface area contributed by atoms with Gasteiger partial charge in [-0.2, -0.15) is 13.2 Å². The van der Waals surface area contributed by atoms with Gasteiger partial charge in [-0.05, 0) is 48.7 Å². The molecule has 0 saturated carbocycles. The lowest BCUT2D eigenvalue weighted by Gasteiger charge is -2.30. The average molecular weight is 377 g/mol. The molecule has 2 aromatic carbocycles.